The Morgan fingerprint density at radius 1 is 1.30 bits per heavy atom. The number of ether oxygens (including phenoxy) is 1. The predicted molar refractivity (Wildman–Crippen MR) is 131 cm³/mol. The molecule has 1 spiro atoms. The second kappa shape index (κ2) is 9.20. The number of carbonyl (C=O) groups excluding carboxylic acids is 1. The standard InChI is InChI=1S/C25H26ClF3N6O2/c1-14(18-8-22(37-3)30-10-19(18)26)23(36)34-12-20(24(13-34)6-7-24)33-21-5-4-17(15(2)32-21)16-9-31-35(11-16)25(27,28)29/h4-5,8-11,14,20H,6-7,12-13H2,1-3H3,(H,32,33)/t14-,20-/m1/s1. The van der Waals surface area contributed by atoms with Gasteiger partial charge in [-0.05, 0) is 44.4 Å². The molecule has 0 radical (unpaired) electrons. The Labute approximate surface area is 216 Å². The van der Waals surface area contributed by atoms with Crippen LogP contribution in [-0.4, -0.2) is 56.8 Å². The normalized spacial score (nSPS) is 19.2. The third-order valence-electron chi connectivity index (χ3n) is 7.32. The second-order valence-electron chi connectivity index (χ2n) is 9.72. The molecule has 0 aromatic carbocycles. The van der Waals surface area contributed by atoms with Gasteiger partial charge in [-0.1, -0.05) is 11.6 Å². The smallest absolute Gasteiger partial charge is 0.481 e. The summed E-state index contributed by atoms with van der Waals surface area (Å²) >= 11 is 6.33. The quantitative estimate of drug-likeness (QED) is 0.479. The van der Waals surface area contributed by atoms with Crippen LogP contribution in [0.5, 0.6) is 5.88 Å². The van der Waals surface area contributed by atoms with E-state index in [1.54, 1.807) is 25.1 Å². The summed E-state index contributed by atoms with van der Waals surface area (Å²) in [5, 5.41) is 7.29. The van der Waals surface area contributed by atoms with E-state index >= 15 is 0 Å². The molecule has 1 saturated heterocycles. The highest BCUT2D eigenvalue weighted by atomic mass is 35.5. The lowest BCUT2D eigenvalue weighted by Gasteiger charge is -2.22. The molecule has 5 rings (SSSR count). The number of hydrogen-bond acceptors (Lipinski definition) is 6. The summed E-state index contributed by atoms with van der Waals surface area (Å²) in [5.41, 5.74) is 2.14. The van der Waals surface area contributed by atoms with Gasteiger partial charge in [-0.15, -0.1) is 13.2 Å². The maximum atomic E-state index is 13.4. The van der Waals surface area contributed by atoms with Gasteiger partial charge in [0, 0.05) is 53.8 Å². The Bertz CT molecular complexity index is 1340. The lowest BCUT2D eigenvalue weighted by atomic mass is 10.00. The zero-order valence-corrected chi connectivity index (χ0v) is 21.3. The summed E-state index contributed by atoms with van der Waals surface area (Å²) in [6.45, 7) is 4.73. The van der Waals surface area contributed by atoms with Gasteiger partial charge < -0.3 is 15.0 Å². The number of aromatic nitrogens is 4. The number of pyridine rings is 2. The topological polar surface area (TPSA) is 85.2 Å². The van der Waals surface area contributed by atoms with Crippen LogP contribution in [-0.2, 0) is 11.1 Å². The average Bonchev–Trinajstić information content (AvgIpc) is 3.29. The zero-order valence-electron chi connectivity index (χ0n) is 20.5. The van der Waals surface area contributed by atoms with E-state index in [1.807, 2.05) is 11.8 Å². The summed E-state index contributed by atoms with van der Waals surface area (Å²) in [5.74, 6) is 0.530. The fraction of sp³-hybridized carbons (Fsp3) is 0.440. The van der Waals surface area contributed by atoms with Gasteiger partial charge in [-0.25, -0.2) is 9.97 Å². The zero-order chi connectivity index (χ0) is 26.5. The molecule has 1 aliphatic carbocycles. The van der Waals surface area contributed by atoms with Gasteiger partial charge in [-0.3, -0.25) is 4.79 Å². The summed E-state index contributed by atoms with van der Waals surface area (Å²) in [6.07, 6.45) is 1.04. The van der Waals surface area contributed by atoms with Gasteiger partial charge in [0.2, 0.25) is 11.8 Å². The molecule has 1 saturated carbocycles. The fourth-order valence-electron chi connectivity index (χ4n) is 5.01. The minimum atomic E-state index is -4.57. The number of alkyl halides is 3. The molecule has 8 nitrogen and oxygen atoms in total. The van der Waals surface area contributed by atoms with Crippen LogP contribution < -0.4 is 10.1 Å². The number of methoxy groups -OCH3 is 1. The van der Waals surface area contributed by atoms with Crippen molar-refractivity contribution in [2.75, 3.05) is 25.5 Å². The maximum Gasteiger partial charge on any atom is 0.504 e. The first-order chi connectivity index (χ1) is 17.5. The SMILES string of the molecule is COc1cc([C@@H](C)C(=O)N2C[C@@H](Nc3ccc(-c4cnn(C(F)(F)F)c4)c(C)n3)C3(CC3)C2)c(Cl)cn1. The van der Waals surface area contributed by atoms with E-state index in [1.165, 1.54) is 19.5 Å². The molecule has 2 aliphatic rings. The number of hydrogen-bond donors (Lipinski definition) is 1. The number of nitrogens with zero attached hydrogens (tertiary/aromatic N) is 5. The van der Waals surface area contributed by atoms with Crippen molar-refractivity contribution in [3.63, 3.8) is 0 Å². The van der Waals surface area contributed by atoms with E-state index in [0.29, 0.717) is 52.2 Å². The number of anilines is 1. The Morgan fingerprint density at radius 2 is 2.05 bits per heavy atom. The summed E-state index contributed by atoms with van der Waals surface area (Å²) in [4.78, 5) is 24.0. The van der Waals surface area contributed by atoms with Gasteiger partial charge in [0.25, 0.3) is 0 Å². The Morgan fingerprint density at radius 3 is 2.68 bits per heavy atom. The van der Waals surface area contributed by atoms with E-state index < -0.39 is 12.2 Å². The molecule has 1 N–H and O–H groups in total. The summed E-state index contributed by atoms with van der Waals surface area (Å²) < 4.78 is 43.9. The largest absolute Gasteiger partial charge is 0.504 e. The Hall–Kier alpha value is -3.34. The van der Waals surface area contributed by atoms with Crippen LogP contribution in [0.4, 0.5) is 19.0 Å². The van der Waals surface area contributed by atoms with Gasteiger partial charge >= 0.3 is 6.30 Å². The first-order valence-electron chi connectivity index (χ1n) is 11.9. The van der Waals surface area contributed by atoms with Crippen molar-refractivity contribution in [1.29, 1.82) is 0 Å². The molecular formula is C25H26ClF3N6O2. The first-order valence-corrected chi connectivity index (χ1v) is 12.2. The third-order valence-corrected chi connectivity index (χ3v) is 7.63. The van der Waals surface area contributed by atoms with Crippen LogP contribution in [0, 0.1) is 12.3 Å². The first kappa shape index (κ1) is 25.3. The lowest BCUT2D eigenvalue weighted by Crippen LogP contribution is -2.34. The summed E-state index contributed by atoms with van der Waals surface area (Å²) in [6, 6.07) is 5.19. The highest BCUT2D eigenvalue weighted by Gasteiger charge is 2.56. The van der Waals surface area contributed by atoms with Crippen molar-refractivity contribution in [3.05, 3.63) is 53.1 Å². The van der Waals surface area contributed by atoms with Crippen LogP contribution in [0.15, 0.2) is 36.8 Å². The highest BCUT2D eigenvalue weighted by molar-refractivity contribution is 6.31. The molecule has 1 aliphatic heterocycles. The van der Waals surface area contributed by atoms with Crippen molar-refractivity contribution in [3.8, 4) is 17.0 Å². The summed E-state index contributed by atoms with van der Waals surface area (Å²) in [7, 11) is 1.51. The highest BCUT2D eigenvalue weighted by Crippen LogP contribution is 2.54. The van der Waals surface area contributed by atoms with Crippen LogP contribution in [0.1, 0.15) is 36.9 Å². The van der Waals surface area contributed by atoms with Crippen molar-refractivity contribution >= 4 is 23.3 Å². The number of halogens is 4. The molecule has 3 aromatic heterocycles. The second-order valence-corrected chi connectivity index (χ2v) is 10.1. The Kier molecular flexibility index (Phi) is 6.29. The molecule has 0 unspecified atom stereocenters. The van der Waals surface area contributed by atoms with Crippen molar-refractivity contribution in [2.45, 2.75) is 44.9 Å². The molecule has 0 bridgehead atoms. The van der Waals surface area contributed by atoms with E-state index in [0.717, 1.165) is 19.0 Å². The van der Waals surface area contributed by atoms with Crippen molar-refractivity contribution in [2.24, 2.45) is 5.41 Å². The van der Waals surface area contributed by atoms with Gasteiger partial charge in [0.1, 0.15) is 5.82 Å². The molecule has 37 heavy (non-hydrogen) atoms. The third kappa shape index (κ3) is 4.84. The number of rotatable bonds is 6. The monoisotopic (exact) mass is 534 g/mol. The molecule has 1 amide bonds. The van der Waals surface area contributed by atoms with E-state index in [-0.39, 0.29) is 22.0 Å². The molecular weight excluding hydrogens is 509 g/mol. The van der Waals surface area contributed by atoms with Gasteiger partial charge in [-0.2, -0.15) is 9.78 Å². The van der Waals surface area contributed by atoms with E-state index in [9.17, 15) is 18.0 Å². The van der Waals surface area contributed by atoms with Crippen molar-refractivity contribution in [1.82, 2.24) is 24.6 Å². The molecule has 196 valence electrons. The van der Waals surface area contributed by atoms with Crippen molar-refractivity contribution < 1.29 is 22.7 Å². The van der Waals surface area contributed by atoms with Crippen LogP contribution in [0.2, 0.25) is 5.02 Å². The van der Waals surface area contributed by atoms with Gasteiger partial charge in [0.15, 0.2) is 0 Å². The molecule has 4 heterocycles. The minimum absolute atomic E-state index is 0.0110. The van der Waals surface area contributed by atoms with Crippen LogP contribution in [0.25, 0.3) is 11.1 Å². The fourth-order valence-corrected chi connectivity index (χ4v) is 5.28. The minimum Gasteiger partial charge on any atom is -0.481 e. The number of aryl methyl sites for hydroxylation is 1. The lowest BCUT2D eigenvalue weighted by molar-refractivity contribution is -0.212. The van der Waals surface area contributed by atoms with Crippen LogP contribution in [0.3, 0.4) is 0 Å². The predicted octanol–water partition coefficient (Wildman–Crippen LogP) is 4.99. The number of nitrogens with one attached hydrogen (secondary N) is 1. The number of carbonyl (C=O) groups is 1. The van der Waals surface area contributed by atoms with Gasteiger partial charge in [0.05, 0.1) is 30.3 Å². The Balaban J connectivity index is 1.30. The average molecular weight is 535 g/mol. The molecule has 2 fully saturated rings. The molecule has 12 heteroatoms. The number of likely N-dealkylation sites (tertiary alicyclic amines) is 1. The maximum absolute atomic E-state index is 13.4. The molecule has 2 atom stereocenters. The molecule has 3 aromatic rings. The van der Waals surface area contributed by atoms with E-state index in [2.05, 4.69) is 20.4 Å². The van der Waals surface area contributed by atoms with Crippen LogP contribution >= 0.6 is 11.6 Å². The van der Waals surface area contributed by atoms with E-state index in [4.69, 9.17) is 16.3 Å². The number of amides is 1.